The number of amides is 1. The molecule has 1 aromatic heterocycles. The van der Waals surface area contributed by atoms with Gasteiger partial charge < -0.3 is 14.4 Å². The lowest BCUT2D eigenvalue weighted by Crippen LogP contribution is -2.83. The Labute approximate surface area is 376 Å². The Morgan fingerprint density at radius 2 is 1.30 bits per heavy atom. The van der Waals surface area contributed by atoms with Crippen molar-refractivity contribution in [2.75, 3.05) is 0 Å². The second kappa shape index (κ2) is 17.2. The smallest absolute Gasteiger partial charge is 0.357 e. The van der Waals surface area contributed by atoms with E-state index in [4.69, 9.17) is 0 Å². The minimum atomic E-state index is -4.44. The molecule has 0 saturated carbocycles. The summed E-state index contributed by atoms with van der Waals surface area (Å²) in [5.74, 6) is -0.0430. The van der Waals surface area contributed by atoms with Crippen LogP contribution in [0, 0.1) is 5.82 Å². The van der Waals surface area contributed by atoms with E-state index in [9.17, 15) is 22.4 Å². The summed E-state index contributed by atoms with van der Waals surface area (Å²) in [5, 5.41) is -2.63. The summed E-state index contributed by atoms with van der Waals surface area (Å²) in [5.41, 5.74) is 7.71. The first-order valence-electron chi connectivity index (χ1n) is 21.3. The van der Waals surface area contributed by atoms with Gasteiger partial charge in [0, 0.05) is 22.3 Å². The molecule has 1 aliphatic carbocycles. The summed E-state index contributed by atoms with van der Waals surface area (Å²) < 4.78 is 56.5. The van der Waals surface area contributed by atoms with E-state index in [1.807, 2.05) is 36.0 Å². The molecule has 0 spiro atoms. The minimum Gasteiger partial charge on any atom is -0.357 e. The fraction of sp³-hybridized carbons (Fsp3) is 0.361. The number of aromatic nitrogens is 2. The van der Waals surface area contributed by atoms with Gasteiger partial charge in [0.1, 0.15) is 122 Å². The van der Waals surface area contributed by atoms with Crippen LogP contribution in [0.3, 0.4) is 0 Å². The monoisotopic (exact) mass is 835 g/mol. The molecule has 0 saturated heterocycles. The summed E-state index contributed by atoms with van der Waals surface area (Å²) in [6, 6.07) is 11.6. The maximum Gasteiger partial charge on any atom is 0.416 e. The van der Waals surface area contributed by atoms with Crippen LogP contribution in [0.2, 0.25) is 0 Å². The largest absolute Gasteiger partial charge is 0.416 e. The van der Waals surface area contributed by atoms with Crippen molar-refractivity contribution in [3.63, 3.8) is 0 Å². The predicted molar refractivity (Wildman–Crippen MR) is 284 cm³/mol. The highest BCUT2D eigenvalue weighted by Gasteiger charge is 2.55. The second-order valence-corrected chi connectivity index (χ2v) is 21.3. The van der Waals surface area contributed by atoms with Crippen LogP contribution in [0.15, 0.2) is 58.5 Å². The molecule has 6 nitrogen and oxygen atoms in total. The number of carbonyl (C=O) groups excluding carboxylic acids is 1. The number of hydrogen-bond donors (Lipinski definition) is 0. The number of alkyl halides is 3. The Bertz CT molecular complexity index is 2350. The molecule has 0 unspecified atom stereocenters. The normalized spacial score (nSPS) is 14.0. The highest BCUT2D eigenvalue weighted by molar-refractivity contribution is 7.98. The summed E-state index contributed by atoms with van der Waals surface area (Å²) in [6.45, 7) is 4.34. The molecule has 1 aliphatic rings. The van der Waals surface area contributed by atoms with Gasteiger partial charge in [0.2, 0.25) is 5.91 Å². The molecule has 5 rings (SSSR count). The number of carbonyl (C=O) groups is 1. The zero-order valence-corrected chi connectivity index (χ0v) is 40.0. The van der Waals surface area contributed by atoms with E-state index < -0.39 is 27.8 Å². The molecule has 304 valence electrons. The third-order valence-corrected chi connectivity index (χ3v) is 14.3. The quantitative estimate of drug-likeness (QED) is 0.0581. The molecule has 61 heavy (non-hydrogen) atoms. The maximum atomic E-state index is 15.9. The first-order valence-corrected chi connectivity index (χ1v) is 22.3. The molecule has 0 aliphatic heterocycles. The summed E-state index contributed by atoms with van der Waals surface area (Å²) >= 11 is 1.37. The van der Waals surface area contributed by atoms with Gasteiger partial charge in [-0.15, -0.1) is 0 Å². The van der Waals surface area contributed by atoms with E-state index in [0.29, 0.717) is 34.9 Å². The van der Waals surface area contributed by atoms with E-state index in [0.717, 1.165) is 62.8 Å². The molecule has 4 aromatic rings. The molecular weight excluding hydrogens is 780 g/mol. The Hall–Kier alpha value is -3.05. The average Bonchev–Trinajstić information content (AvgIpc) is 3.61. The number of halogens is 4. The summed E-state index contributed by atoms with van der Waals surface area (Å²) in [4.78, 5) is 38.5. The van der Waals surface area contributed by atoms with Crippen LogP contribution in [0.1, 0.15) is 48.2 Å². The number of thioether (sulfide) groups is 1. The molecule has 0 N–H and O–H groups in total. The molecule has 3 aromatic carbocycles. The van der Waals surface area contributed by atoms with Gasteiger partial charge in [0.15, 0.2) is 5.16 Å². The zero-order valence-electron chi connectivity index (χ0n) is 39.2. The third-order valence-electron chi connectivity index (χ3n) is 13.3. The van der Waals surface area contributed by atoms with Crippen molar-refractivity contribution in [2.24, 2.45) is 0 Å². The number of benzene rings is 3. The van der Waals surface area contributed by atoms with E-state index in [1.54, 1.807) is 24.3 Å². The van der Waals surface area contributed by atoms with Gasteiger partial charge in [-0.1, -0.05) is 77.3 Å². The van der Waals surface area contributed by atoms with Crippen molar-refractivity contribution >= 4 is 149 Å². The Kier molecular flexibility index (Phi) is 13.8. The van der Waals surface area contributed by atoms with Crippen LogP contribution in [0.5, 0.6) is 0 Å². The first kappa shape index (κ1) is 49.0. The molecule has 1 amide bonds. The molecule has 25 heteroatoms. The van der Waals surface area contributed by atoms with Crippen molar-refractivity contribution in [2.45, 2.75) is 83.4 Å². The SMILES string of the molecule is Bc1c(B)c(C(B)(B)N(C(=O)Cn2c(SCc3ccc(F)cc3)nc(=O)c3c2CCC3)C(B)(B)C(B)(B)N(C(B)(B)C)C(B)(B)C)c(B)c(B)c1-c1ccc(C(F)(F)F)cc1. The maximum absolute atomic E-state index is 15.9. The molecule has 0 fully saturated rings. The van der Waals surface area contributed by atoms with Crippen LogP contribution >= 0.6 is 11.8 Å². The fourth-order valence-corrected chi connectivity index (χ4v) is 11.9. The third kappa shape index (κ3) is 9.44. The van der Waals surface area contributed by atoms with Crippen LogP contribution < -0.4 is 27.4 Å². The van der Waals surface area contributed by atoms with Gasteiger partial charge in [-0.3, -0.25) is 9.59 Å². The van der Waals surface area contributed by atoms with Crippen LogP contribution in [0.25, 0.3) is 11.1 Å². The van der Waals surface area contributed by atoms with E-state index in [-0.39, 0.29) is 34.5 Å². The fourth-order valence-electron chi connectivity index (χ4n) is 10.9. The average molecular weight is 832 g/mol. The molecule has 1 heterocycles. The molecule has 0 bridgehead atoms. The van der Waals surface area contributed by atoms with Crippen molar-refractivity contribution in [3.8, 4) is 11.1 Å². The second-order valence-electron chi connectivity index (χ2n) is 20.4. The van der Waals surface area contributed by atoms with Gasteiger partial charge in [-0.05, 0) is 81.6 Å². The lowest BCUT2D eigenvalue weighted by molar-refractivity contribution is -0.138. The van der Waals surface area contributed by atoms with Gasteiger partial charge in [-0.25, -0.2) is 4.39 Å². The Balaban J connectivity index is 1.74. The van der Waals surface area contributed by atoms with E-state index in [2.05, 4.69) is 107 Å². The highest BCUT2D eigenvalue weighted by atomic mass is 32.2. The molecule has 0 radical (unpaired) electrons. The van der Waals surface area contributed by atoms with Crippen LogP contribution in [-0.4, -0.2) is 156 Å². The molecule has 0 atom stereocenters. The lowest BCUT2D eigenvalue weighted by Gasteiger charge is -2.66. The topological polar surface area (TPSA) is 58.4 Å². The lowest BCUT2D eigenvalue weighted by atomic mass is 9.32. The van der Waals surface area contributed by atoms with Crippen molar-refractivity contribution in [1.29, 1.82) is 0 Å². The van der Waals surface area contributed by atoms with Crippen molar-refractivity contribution in [1.82, 2.24) is 19.4 Å². The summed E-state index contributed by atoms with van der Waals surface area (Å²) in [6.07, 6.45) is -2.41. The van der Waals surface area contributed by atoms with Crippen molar-refractivity contribution < 1.29 is 22.4 Å². The minimum absolute atomic E-state index is 0.0605. The number of nitrogens with zero attached hydrogens (tertiary/aromatic N) is 4. The van der Waals surface area contributed by atoms with Gasteiger partial charge >= 0.3 is 6.18 Å². The first-order chi connectivity index (χ1) is 27.8. The number of rotatable bonds is 13. The van der Waals surface area contributed by atoms with Crippen LogP contribution in [-0.2, 0) is 41.4 Å². The van der Waals surface area contributed by atoms with Gasteiger partial charge in [0.05, 0.1) is 5.56 Å². The number of hydrogen-bond acceptors (Lipinski definition) is 5. The van der Waals surface area contributed by atoms with E-state index >= 15 is 4.79 Å². The van der Waals surface area contributed by atoms with E-state index in [1.165, 1.54) is 23.9 Å². The highest BCUT2D eigenvalue weighted by Crippen LogP contribution is 2.38. The standard InChI is InChI=1S/C36H52B14F4N4O2S/c1-31(41,42)58(32(2,43)44)36(49,50)35(47,48)57(22(59)14-56-21-5-3-4-20(21)29(60)55-30(56)61-15-16-6-12-19(51)13-7-16)33(45,46)24-27(39)25(37)23(26(38)28(24)40)17-8-10-18(11-9-17)34(52,53)54/h6-13H,3-5,14-15,37-50H2,1-2H3. The van der Waals surface area contributed by atoms with Gasteiger partial charge in [0.25, 0.3) is 5.56 Å². The van der Waals surface area contributed by atoms with Crippen molar-refractivity contribution in [3.05, 3.63) is 92.6 Å². The summed E-state index contributed by atoms with van der Waals surface area (Å²) in [7, 11) is 29.9. The Morgan fingerprint density at radius 3 is 1.79 bits per heavy atom. The van der Waals surface area contributed by atoms with Crippen LogP contribution in [0.4, 0.5) is 17.6 Å². The van der Waals surface area contributed by atoms with Gasteiger partial charge in [-0.2, -0.15) is 18.2 Å². The number of fused-ring (bicyclic) bond motifs is 1. The predicted octanol–water partition coefficient (Wildman–Crippen LogP) is -10.2. The Morgan fingerprint density at radius 1 is 0.770 bits per heavy atom. The zero-order chi connectivity index (χ0) is 46.0. The molecular formula is C36H52B14F4N4O2S.